The van der Waals surface area contributed by atoms with Crippen LogP contribution in [0, 0.1) is 0 Å². The van der Waals surface area contributed by atoms with Crippen LogP contribution in [0.25, 0.3) is 0 Å². The Morgan fingerprint density at radius 1 is 1.23 bits per heavy atom. The first-order valence-electron chi connectivity index (χ1n) is 7.15. The van der Waals surface area contributed by atoms with E-state index in [2.05, 4.69) is 15.5 Å². The molecule has 0 spiro atoms. The molecule has 1 N–H and O–H groups in total. The van der Waals surface area contributed by atoms with Crippen molar-refractivity contribution in [2.45, 2.75) is 32.1 Å². The number of nitrogens with one attached hydrogen (secondary N) is 1. The van der Waals surface area contributed by atoms with Crippen LogP contribution in [0.1, 0.15) is 46.7 Å². The Kier molecular flexibility index (Phi) is 3.67. The van der Waals surface area contributed by atoms with E-state index in [0.29, 0.717) is 5.82 Å². The van der Waals surface area contributed by atoms with Crippen LogP contribution < -0.4 is 5.32 Å². The van der Waals surface area contributed by atoms with Gasteiger partial charge in [0.05, 0.1) is 5.69 Å². The molecule has 0 atom stereocenters. The molecule has 0 aromatic carbocycles. The van der Waals surface area contributed by atoms with Crippen molar-refractivity contribution in [1.82, 2.24) is 19.6 Å². The van der Waals surface area contributed by atoms with Crippen molar-refractivity contribution < 1.29 is 13.6 Å². The van der Waals surface area contributed by atoms with Gasteiger partial charge in [-0.25, -0.2) is 8.78 Å². The third-order valence-corrected chi connectivity index (χ3v) is 3.92. The van der Waals surface area contributed by atoms with Gasteiger partial charge >= 0.3 is 0 Å². The lowest BCUT2D eigenvalue weighted by Crippen LogP contribution is -2.17. The minimum absolute atomic E-state index is 0.0245. The van der Waals surface area contributed by atoms with Gasteiger partial charge in [0.15, 0.2) is 5.69 Å². The molecule has 0 saturated carbocycles. The Labute approximate surface area is 126 Å². The average Bonchev–Trinajstić information content (AvgIpc) is 3.00. The van der Waals surface area contributed by atoms with Gasteiger partial charge in [-0.15, -0.1) is 0 Å². The van der Waals surface area contributed by atoms with Crippen molar-refractivity contribution in [2.24, 2.45) is 14.1 Å². The molecule has 6 nitrogen and oxygen atoms in total. The summed E-state index contributed by atoms with van der Waals surface area (Å²) in [4.78, 5) is 12.3. The molecule has 118 valence electrons. The van der Waals surface area contributed by atoms with E-state index in [1.807, 2.05) is 0 Å². The van der Waals surface area contributed by atoms with Gasteiger partial charge in [0.1, 0.15) is 11.5 Å². The van der Waals surface area contributed by atoms with Gasteiger partial charge in [-0.2, -0.15) is 10.2 Å². The number of carbonyl (C=O) groups excluding carboxylic acids is 1. The highest BCUT2D eigenvalue weighted by Gasteiger charge is 2.23. The Balaban J connectivity index is 1.86. The number of halogens is 2. The van der Waals surface area contributed by atoms with Crippen LogP contribution in [0.4, 0.5) is 14.6 Å². The zero-order valence-corrected chi connectivity index (χ0v) is 12.4. The van der Waals surface area contributed by atoms with Crippen LogP contribution in [0.5, 0.6) is 0 Å². The first kappa shape index (κ1) is 14.7. The lowest BCUT2D eigenvalue weighted by atomic mass is 9.97. The van der Waals surface area contributed by atoms with Gasteiger partial charge in [-0.1, -0.05) is 0 Å². The maximum atomic E-state index is 12.8. The largest absolute Gasteiger partial charge is 0.305 e. The number of anilines is 1. The molecule has 0 aliphatic heterocycles. The molecule has 1 aliphatic rings. The Morgan fingerprint density at radius 2 is 1.95 bits per heavy atom. The van der Waals surface area contributed by atoms with Crippen molar-refractivity contribution in [3.63, 3.8) is 0 Å². The molecule has 8 heteroatoms. The molecular formula is C14H17F2N5O. The third-order valence-electron chi connectivity index (χ3n) is 3.92. The van der Waals surface area contributed by atoms with E-state index in [9.17, 15) is 13.6 Å². The summed E-state index contributed by atoms with van der Waals surface area (Å²) in [6.45, 7) is 0. The van der Waals surface area contributed by atoms with Crippen molar-refractivity contribution >= 4 is 11.7 Å². The monoisotopic (exact) mass is 309 g/mol. The fourth-order valence-electron chi connectivity index (χ4n) is 2.81. The molecule has 0 radical (unpaired) electrons. The number of aryl methyl sites for hydroxylation is 3. The molecule has 0 bridgehead atoms. The van der Waals surface area contributed by atoms with Crippen LogP contribution in [-0.4, -0.2) is 25.5 Å². The summed E-state index contributed by atoms with van der Waals surface area (Å²) in [7, 11) is 3.15. The van der Waals surface area contributed by atoms with Gasteiger partial charge in [0.2, 0.25) is 0 Å². The van der Waals surface area contributed by atoms with Gasteiger partial charge in [-0.05, 0) is 31.7 Å². The molecular weight excluding hydrogens is 292 g/mol. The van der Waals surface area contributed by atoms with E-state index in [1.165, 1.54) is 7.05 Å². The van der Waals surface area contributed by atoms with Gasteiger partial charge < -0.3 is 5.32 Å². The number of alkyl halides is 2. The second-order valence-corrected chi connectivity index (χ2v) is 5.44. The summed E-state index contributed by atoms with van der Waals surface area (Å²) in [6, 6.07) is 1.11. The average molecular weight is 309 g/mol. The number of hydrogen-bond donors (Lipinski definition) is 1. The predicted molar refractivity (Wildman–Crippen MR) is 76.0 cm³/mol. The number of aromatic nitrogens is 4. The summed E-state index contributed by atoms with van der Waals surface area (Å²) < 4.78 is 28.2. The minimum atomic E-state index is -2.66. The van der Waals surface area contributed by atoms with Crippen molar-refractivity contribution in [3.05, 3.63) is 28.7 Å². The van der Waals surface area contributed by atoms with Crippen LogP contribution >= 0.6 is 0 Å². The number of rotatable bonds is 3. The normalized spacial score (nSPS) is 14.2. The summed E-state index contributed by atoms with van der Waals surface area (Å²) >= 11 is 0. The van der Waals surface area contributed by atoms with E-state index in [1.54, 1.807) is 11.7 Å². The van der Waals surface area contributed by atoms with Gasteiger partial charge in [0, 0.05) is 19.7 Å². The lowest BCUT2D eigenvalue weighted by molar-refractivity contribution is 0.102. The van der Waals surface area contributed by atoms with E-state index in [-0.39, 0.29) is 11.4 Å². The van der Waals surface area contributed by atoms with Crippen LogP contribution in [-0.2, 0) is 26.9 Å². The van der Waals surface area contributed by atoms with Crippen molar-refractivity contribution in [2.75, 3.05) is 5.32 Å². The van der Waals surface area contributed by atoms with Gasteiger partial charge in [0.25, 0.3) is 12.3 Å². The highest BCUT2D eigenvalue weighted by Crippen LogP contribution is 2.27. The highest BCUT2D eigenvalue weighted by atomic mass is 19.3. The number of nitrogens with zero attached hydrogens (tertiary/aromatic N) is 4. The van der Waals surface area contributed by atoms with E-state index in [0.717, 1.165) is 47.7 Å². The predicted octanol–water partition coefficient (Wildman–Crippen LogP) is 2.22. The number of hydrogen-bond acceptors (Lipinski definition) is 3. The Morgan fingerprint density at radius 3 is 2.64 bits per heavy atom. The smallest absolute Gasteiger partial charge is 0.280 e. The topological polar surface area (TPSA) is 64.7 Å². The fraction of sp³-hybridized carbons (Fsp3) is 0.500. The quantitative estimate of drug-likeness (QED) is 0.945. The Hall–Kier alpha value is -2.25. The third kappa shape index (κ3) is 2.49. The van der Waals surface area contributed by atoms with Crippen molar-refractivity contribution in [1.29, 1.82) is 0 Å². The molecule has 22 heavy (non-hydrogen) atoms. The second-order valence-electron chi connectivity index (χ2n) is 5.44. The fourth-order valence-corrected chi connectivity index (χ4v) is 2.81. The maximum absolute atomic E-state index is 12.8. The number of fused-ring (bicyclic) bond motifs is 1. The molecule has 0 saturated heterocycles. The summed E-state index contributed by atoms with van der Waals surface area (Å²) in [6.07, 6.45) is 1.25. The van der Waals surface area contributed by atoms with E-state index >= 15 is 0 Å². The minimum Gasteiger partial charge on any atom is -0.305 e. The molecule has 2 aromatic heterocycles. The summed E-state index contributed by atoms with van der Waals surface area (Å²) in [5.74, 6) is 0.128. The maximum Gasteiger partial charge on any atom is 0.280 e. The number of amides is 1. The zero-order chi connectivity index (χ0) is 15.9. The highest BCUT2D eigenvalue weighted by molar-refractivity contribution is 6.02. The molecule has 1 aliphatic carbocycles. The molecule has 0 fully saturated rings. The first-order chi connectivity index (χ1) is 10.5. The van der Waals surface area contributed by atoms with Crippen LogP contribution in [0.15, 0.2) is 6.07 Å². The van der Waals surface area contributed by atoms with Gasteiger partial charge in [-0.3, -0.25) is 14.2 Å². The molecule has 2 heterocycles. The lowest BCUT2D eigenvalue weighted by Gasteiger charge is -2.11. The standard InChI is InChI=1S/C14H17F2N5O/c1-20-11(12(15)16)7-10(19-20)14(22)17-13-8-5-3-4-6-9(8)18-21(13)2/h7,12H,3-6H2,1-2H3,(H,17,22). The van der Waals surface area contributed by atoms with Crippen LogP contribution in [0.2, 0.25) is 0 Å². The van der Waals surface area contributed by atoms with E-state index < -0.39 is 12.3 Å². The second kappa shape index (κ2) is 5.51. The molecule has 0 unspecified atom stereocenters. The van der Waals surface area contributed by atoms with E-state index in [4.69, 9.17) is 0 Å². The number of carbonyl (C=O) groups is 1. The molecule has 2 aromatic rings. The van der Waals surface area contributed by atoms with Crippen molar-refractivity contribution in [3.8, 4) is 0 Å². The zero-order valence-electron chi connectivity index (χ0n) is 12.4. The summed E-state index contributed by atoms with van der Waals surface area (Å²) in [5, 5.41) is 11.0. The SMILES string of the molecule is Cn1nc(C(=O)Nc2c3c(nn2C)CCCC3)cc1C(F)F. The molecule has 1 amide bonds. The Bertz CT molecular complexity index is 719. The molecule has 3 rings (SSSR count). The van der Waals surface area contributed by atoms with Crippen LogP contribution in [0.3, 0.4) is 0 Å². The first-order valence-corrected chi connectivity index (χ1v) is 7.15. The summed E-state index contributed by atoms with van der Waals surface area (Å²) in [5.41, 5.74) is 1.73.